The average molecular weight is 357 g/mol. The highest BCUT2D eigenvalue weighted by molar-refractivity contribution is 7.16. The first-order chi connectivity index (χ1) is 12.0. The number of hydrogen-bond acceptors (Lipinski definition) is 7. The fraction of sp³-hybridized carbons (Fsp3) is 0.235. The van der Waals surface area contributed by atoms with E-state index in [9.17, 15) is 14.4 Å². The third-order valence-corrected chi connectivity index (χ3v) is 4.31. The number of ether oxygens (including phenoxy) is 1. The van der Waals surface area contributed by atoms with Gasteiger partial charge in [-0.1, -0.05) is 41.7 Å². The van der Waals surface area contributed by atoms with E-state index >= 15 is 0 Å². The van der Waals surface area contributed by atoms with Crippen molar-refractivity contribution in [3.63, 3.8) is 0 Å². The van der Waals surface area contributed by atoms with Crippen molar-refractivity contribution in [3.8, 4) is 0 Å². The van der Waals surface area contributed by atoms with Crippen LogP contribution in [0.25, 0.3) is 4.96 Å². The summed E-state index contributed by atoms with van der Waals surface area (Å²) in [6, 6.07) is 10.2. The Bertz CT molecular complexity index is 978. The van der Waals surface area contributed by atoms with Crippen molar-refractivity contribution in [1.82, 2.24) is 14.6 Å². The minimum Gasteiger partial charge on any atom is -0.458 e. The van der Waals surface area contributed by atoms with E-state index in [0.717, 1.165) is 0 Å². The zero-order valence-corrected chi connectivity index (χ0v) is 14.3. The number of hydrogen-bond donors (Lipinski definition) is 0. The van der Waals surface area contributed by atoms with Crippen molar-refractivity contribution in [3.05, 3.63) is 63.0 Å². The number of esters is 1. The van der Waals surface area contributed by atoms with E-state index < -0.39 is 5.97 Å². The molecular formula is C17H15N3O4S. The van der Waals surface area contributed by atoms with Crippen molar-refractivity contribution in [2.75, 3.05) is 0 Å². The molecule has 0 aliphatic carbocycles. The number of ketones is 1. The molecule has 0 radical (unpaired) electrons. The Hall–Kier alpha value is -2.87. The van der Waals surface area contributed by atoms with Gasteiger partial charge in [0.15, 0.2) is 10.8 Å². The minimum atomic E-state index is -0.486. The molecule has 0 aliphatic heterocycles. The van der Waals surface area contributed by atoms with Crippen molar-refractivity contribution in [1.29, 1.82) is 0 Å². The van der Waals surface area contributed by atoms with E-state index in [1.54, 1.807) is 31.2 Å². The highest BCUT2D eigenvalue weighted by Gasteiger charge is 2.12. The molecule has 0 saturated carbocycles. The Kier molecular flexibility index (Phi) is 4.99. The highest BCUT2D eigenvalue weighted by Crippen LogP contribution is 2.13. The SMILES string of the molecule is Cc1cc(=O)n2nc(COC(=O)CCC(=O)c3ccccc3)sc2n1. The first kappa shape index (κ1) is 17.0. The van der Waals surface area contributed by atoms with Gasteiger partial charge in [0.1, 0.15) is 6.61 Å². The first-order valence-corrected chi connectivity index (χ1v) is 8.45. The Balaban J connectivity index is 1.55. The van der Waals surface area contributed by atoms with Gasteiger partial charge in [0, 0.05) is 23.7 Å². The smallest absolute Gasteiger partial charge is 0.306 e. The lowest BCUT2D eigenvalue weighted by atomic mass is 10.1. The highest BCUT2D eigenvalue weighted by atomic mass is 32.1. The van der Waals surface area contributed by atoms with E-state index in [4.69, 9.17) is 4.74 Å². The van der Waals surface area contributed by atoms with Crippen molar-refractivity contribution in [2.45, 2.75) is 26.4 Å². The van der Waals surface area contributed by atoms with Gasteiger partial charge in [0.2, 0.25) is 4.96 Å². The predicted molar refractivity (Wildman–Crippen MR) is 91.7 cm³/mol. The molecule has 3 rings (SSSR count). The molecule has 0 atom stereocenters. The first-order valence-electron chi connectivity index (χ1n) is 7.63. The van der Waals surface area contributed by atoms with Crippen LogP contribution < -0.4 is 5.56 Å². The Labute approximate surface area is 146 Å². The lowest BCUT2D eigenvalue weighted by molar-refractivity contribution is -0.144. The second kappa shape index (κ2) is 7.35. The molecule has 0 saturated heterocycles. The number of aromatic nitrogens is 3. The van der Waals surface area contributed by atoms with Crippen LogP contribution in [-0.4, -0.2) is 26.4 Å². The van der Waals surface area contributed by atoms with Gasteiger partial charge in [0.05, 0.1) is 6.42 Å². The van der Waals surface area contributed by atoms with Crippen LogP contribution in [0.15, 0.2) is 41.2 Å². The van der Waals surface area contributed by atoms with Crippen LogP contribution in [0.2, 0.25) is 0 Å². The quantitative estimate of drug-likeness (QED) is 0.496. The summed E-state index contributed by atoms with van der Waals surface area (Å²) in [6.07, 6.45) is 0.0822. The maximum absolute atomic E-state index is 11.9. The largest absolute Gasteiger partial charge is 0.458 e. The van der Waals surface area contributed by atoms with Crippen molar-refractivity contribution in [2.24, 2.45) is 0 Å². The van der Waals surface area contributed by atoms with Crippen LogP contribution in [0.1, 0.15) is 33.9 Å². The summed E-state index contributed by atoms with van der Waals surface area (Å²) in [5.74, 6) is -0.594. The average Bonchev–Trinajstić information content (AvgIpc) is 3.02. The van der Waals surface area contributed by atoms with Gasteiger partial charge in [-0.15, -0.1) is 0 Å². The van der Waals surface area contributed by atoms with E-state index in [2.05, 4.69) is 10.1 Å². The van der Waals surface area contributed by atoms with E-state index in [1.165, 1.54) is 21.9 Å². The van der Waals surface area contributed by atoms with Crippen molar-refractivity contribution >= 4 is 28.1 Å². The Morgan fingerprint density at radius 3 is 2.72 bits per heavy atom. The van der Waals surface area contributed by atoms with Gasteiger partial charge in [-0.05, 0) is 6.92 Å². The van der Waals surface area contributed by atoms with Gasteiger partial charge in [-0.25, -0.2) is 4.98 Å². The van der Waals surface area contributed by atoms with E-state index in [0.29, 0.717) is 21.2 Å². The minimum absolute atomic E-state index is 0.00404. The lowest BCUT2D eigenvalue weighted by Crippen LogP contribution is -2.14. The summed E-state index contributed by atoms with van der Waals surface area (Å²) in [7, 11) is 0. The maximum atomic E-state index is 11.9. The Morgan fingerprint density at radius 1 is 1.20 bits per heavy atom. The summed E-state index contributed by atoms with van der Waals surface area (Å²) < 4.78 is 6.31. The second-order valence-corrected chi connectivity index (χ2v) is 6.42. The summed E-state index contributed by atoms with van der Waals surface area (Å²) >= 11 is 1.19. The number of nitrogens with zero attached hydrogens (tertiary/aromatic N) is 3. The molecule has 25 heavy (non-hydrogen) atoms. The van der Waals surface area contributed by atoms with E-state index in [-0.39, 0.29) is 30.8 Å². The fourth-order valence-electron chi connectivity index (χ4n) is 2.22. The van der Waals surface area contributed by atoms with Crippen LogP contribution in [0, 0.1) is 6.92 Å². The molecule has 0 unspecified atom stereocenters. The molecule has 0 spiro atoms. The van der Waals surface area contributed by atoms with Gasteiger partial charge in [0.25, 0.3) is 5.56 Å². The standard InChI is InChI=1S/C17H15N3O4S/c1-11-9-15(22)20-17(18-11)25-14(19-20)10-24-16(23)8-7-13(21)12-5-3-2-4-6-12/h2-6,9H,7-8,10H2,1H3. The van der Waals surface area contributed by atoms with Crippen LogP contribution in [0.3, 0.4) is 0 Å². The predicted octanol–water partition coefficient (Wildman–Crippen LogP) is 2.17. The number of Topliss-reactive ketones (excluding diaryl/α,β-unsaturated/α-hetero) is 1. The van der Waals surface area contributed by atoms with Gasteiger partial charge in [-0.2, -0.15) is 9.61 Å². The summed E-state index contributed by atoms with van der Waals surface area (Å²) in [5.41, 5.74) is 0.906. The molecule has 0 amide bonds. The summed E-state index contributed by atoms with van der Waals surface area (Å²) in [5, 5.41) is 4.55. The van der Waals surface area contributed by atoms with Gasteiger partial charge in [-0.3, -0.25) is 14.4 Å². The number of benzene rings is 1. The van der Waals surface area contributed by atoms with Gasteiger partial charge >= 0.3 is 5.97 Å². The number of carbonyl (C=O) groups is 2. The van der Waals surface area contributed by atoms with E-state index in [1.807, 2.05) is 6.07 Å². The normalized spacial score (nSPS) is 10.8. The van der Waals surface area contributed by atoms with Crippen LogP contribution >= 0.6 is 11.3 Å². The molecule has 2 aromatic heterocycles. The number of aryl methyl sites for hydroxylation is 1. The third kappa shape index (κ3) is 4.16. The second-order valence-electron chi connectivity index (χ2n) is 5.38. The molecule has 7 nitrogen and oxygen atoms in total. The molecule has 1 aromatic carbocycles. The molecule has 2 heterocycles. The molecule has 0 aliphatic rings. The fourth-order valence-corrected chi connectivity index (χ4v) is 3.07. The molecule has 3 aromatic rings. The number of rotatable bonds is 6. The number of fused-ring (bicyclic) bond motifs is 1. The van der Waals surface area contributed by atoms with Gasteiger partial charge < -0.3 is 4.74 Å². The van der Waals surface area contributed by atoms with Crippen LogP contribution in [0.5, 0.6) is 0 Å². The maximum Gasteiger partial charge on any atom is 0.306 e. The number of carbonyl (C=O) groups excluding carboxylic acids is 2. The lowest BCUT2D eigenvalue weighted by Gasteiger charge is -2.02. The molecule has 8 heteroatoms. The summed E-state index contributed by atoms with van der Waals surface area (Å²) in [6.45, 7) is 1.68. The molecule has 0 fully saturated rings. The third-order valence-electron chi connectivity index (χ3n) is 3.42. The molecular weight excluding hydrogens is 342 g/mol. The zero-order chi connectivity index (χ0) is 17.8. The summed E-state index contributed by atoms with van der Waals surface area (Å²) in [4.78, 5) is 40.2. The van der Waals surface area contributed by atoms with Crippen LogP contribution in [0.4, 0.5) is 0 Å². The zero-order valence-electron chi connectivity index (χ0n) is 13.5. The molecule has 0 bridgehead atoms. The Morgan fingerprint density at radius 2 is 1.96 bits per heavy atom. The monoisotopic (exact) mass is 357 g/mol. The van der Waals surface area contributed by atoms with Crippen LogP contribution in [-0.2, 0) is 16.1 Å². The topological polar surface area (TPSA) is 90.6 Å². The molecule has 0 N–H and O–H groups in total. The molecule has 128 valence electrons. The van der Waals surface area contributed by atoms with Crippen molar-refractivity contribution < 1.29 is 14.3 Å².